The van der Waals surface area contributed by atoms with Crippen LogP contribution in [0, 0.1) is 0 Å². The maximum atomic E-state index is 12.8. The molecular weight excluding hydrogens is 777 g/mol. The first kappa shape index (κ1) is 22.6. The molecular formula is C62H4O2. The molecule has 1 unspecified atom stereocenters. The minimum atomic E-state index is -0.847. The lowest BCUT2D eigenvalue weighted by atomic mass is 9.54. The first-order valence-electron chi connectivity index (χ1n) is 24.0. The van der Waals surface area contributed by atoms with E-state index in [2.05, 4.69) is 0 Å². The molecule has 28 aromatic rings. The van der Waals surface area contributed by atoms with E-state index in [9.17, 15) is 5.11 Å². The zero-order chi connectivity index (χ0) is 37.5. The topological polar surface area (TPSA) is 29.5 Å². The average molecular weight is 781 g/mol. The van der Waals surface area contributed by atoms with E-state index in [0.717, 1.165) is 0 Å². The van der Waals surface area contributed by atoms with Gasteiger partial charge in [0.1, 0.15) is 5.60 Å². The first-order valence-corrected chi connectivity index (χ1v) is 24.0. The molecule has 4 aliphatic carbocycles. The van der Waals surface area contributed by atoms with Crippen molar-refractivity contribution in [1.82, 2.24) is 0 Å². The smallest absolute Gasteiger partial charge is 0.157 e. The Bertz CT molecular complexity index is 6390. The Hall–Kier alpha value is -7.62. The summed E-state index contributed by atoms with van der Waals surface area (Å²) >= 11 is 0. The largest absolute Gasteiger partial charge is 0.368 e. The highest BCUT2D eigenvalue weighted by molar-refractivity contribution is 6.82. The second-order valence-corrected chi connectivity index (χ2v) is 24.1. The monoisotopic (exact) mass is 780 g/mol. The van der Waals surface area contributed by atoms with Gasteiger partial charge in [0.25, 0.3) is 0 Å². The molecule has 0 saturated carbocycles. The maximum absolute atomic E-state index is 12.8. The molecule has 0 aromatic heterocycles. The molecule has 1 saturated heterocycles. The molecule has 264 valence electrons. The van der Waals surface area contributed by atoms with E-state index in [0.29, 0.717) is 6.42 Å². The normalized spacial score (nSPS) is 24.8. The van der Waals surface area contributed by atoms with Gasteiger partial charge in [-0.1, -0.05) is 0 Å². The van der Waals surface area contributed by atoms with Crippen molar-refractivity contribution in [2.24, 2.45) is 0 Å². The molecule has 1 fully saturated rings. The SMILES string of the molecule is OC1CC23c4c5c6c7c8c9c(c%10c%11c2c2c4c4c%12c5c5c6c6c8c8c%13c9c9c%10c%10c%11c%11c2c2c4c4c%12c%12c5c5c6c8c6c8c%13c9c9c%10c%10c%11c2c2c4c4c%12c5c6c5c8c9c%10c2c45)C73O1. The van der Waals surface area contributed by atoms with Crippen LogP contribution < -0.4 is 0 Å². The molecule has 0 bridgehead atoms. The molecule has 1 N–H and O–H groups in total. The van der Waals surface area contributed by atoms with Crippen LogP contribution in [0.25, 0.3) is 291 Å². The summed E-state index contributed by atoms with van der Waals surface area (Å²) in [4.78, 5) is 0. The minimum absolute atomic E-state index is 0.502. The van der Waals surface area contributed by atoms with Crippen molar-refractivity contribution >= 4 is 291 Å². The van der Waals surface area contributed by atoms with E-state index in [1.54, 1.807) is 280 Å². The predicted molar refractivity (Wildman–Crippen MR) is 266 cm³/mol. The van der Waals surface area contributed by atoms with Crippen molar-refractivity contribution in [3.8, 4) is 0 Å². The van der Waals surface area contributed by atoms with Gasteiger partial charge in [0.05, 0.1) is 5.41 Å². The number of hydrogen-bond donors (Lipinski definition) is 1. The Morgan fingerprint density at radius 3 is 0.531 bits per heavy atom. The summed E-state index contributed by atoms with van der Waals surface area (Å²) in [6, 6.07) is 0. The van der Waals surface area contributed by atoms with Crippen molar-refractivity contribution < 1.29 is 9.84 Å². The predicted octanol–water partition coefficient (Wildman–Crippen LogP) is 16.0. The first-order chi connectivity index (χ1) is 31.8. The molecule has 1 heterocycles. The number of benzene rings is 18. The molecule has 2 nitrogen and oxygen atoms in total. The molecule has 2 heteroatoms. The highest BCUT2D eigenvalue weighted by Gasteiger charge is 2.74. The van der Waals surface area contributed by atoms with E-state index in [1.807, 2.05) is 0 Å². The molecule has 5 aliphatic rings. The Morgan fingerprint density at radius 1 is 0.219 bits per heavy atom. The number of rotatable bonds is 0. The molecule has 28 aromatic carbocycles. The summed E-state index contributed by atoms with van der Waals surface area (Å²) in [6.45, 7) is 0. The number of hydrogen-bond acceptors (Lipinski definition) is 2. The van der Waals surface area contributed by atoms with Crippen molar-refractivity contribution in [3.05, 3.63) is 22.3 Å². The van der Waals surface area contributed by atoms with Crippen LogP contribution in [-0.4, -0.2) is 11.4 Å². The van der Waals surface area contributed by atoms with Crippen LogP contribution in [-0.2, 0) is 15.8 Å². The van der Waals surface area contributed by atoms with Crippen LogP contribution in [0.4, 0.5) is 0 Å². The Kier molecular flexibility index (Phi) is 1.72. The van der Waals surface area contributed by atoms with Crippen LogP contribution in [0.15, 0.2) is 0 Å². The molecule has 1 atom stereocenters. The molecule has 64 heavy (non-hydrogen) atoms. The average Bonchev–Trinajstić information content (AvgIpc) is 4.13. The van der Waals surface area contributed by atoms with Crippen LogP contribution in [0.3, 0.4) is 0 Å². The Labute approximate surface area is 345 Å². The van der Waals surface area contributed by atoms with Crippen LogP contribution in [0.2, 0.25) is 0 Å². The lowest BCUT2D eigenvalue weighted by molar-refractivity contribution is -0.127. The highest BCUT2D eigenvalue weighted by atomic mass is 16.6. The van der Waals surface area contributed by atoms with Gasteiger partial charge in [0.2, 0.25) is 0 Å². The molecule has 1 aliphatic heterocycles. The number of aliphatic hydroxyl groups is 1. The molecule has 0 radical (unpaired) electrons. The van der Waals surface area contributed by atoms with Crippen molar-refractivity contribution in [3.63, 3.8) is 0 Å². The lowest BCUT2D eigenvalue weighted by Crippen LogP contribution is -2.48. The fraction of sp³-hybridized carbons (Fsp3) is 0.0645. The van der Waals surface area contributed by atoms with Gasteiger partial charge in [-0.2, -0.15) is 0 Å². The summed E-state index contributed by atoms with van der Waals surface area (Å²) in [5.41, 5.74) is 4.80. The van der Waals surface area contributed by atoms with Gasteiger partial charge in [-0.25, -0.2) is 0 Å². The van der Waals surface area contributed by atoms with E-state index >= 15 is 0 Å². The Morgan fingerprint density at radius 2 is 0.359 bits per heavy atom. The number of aliphatic hydroxyl groups excluding tert-OH is 1. The van der Waals surface area contributed by atoms with E-state index in [1.165, 1.54) is 32.7 Å². The van der Waals surface area contributed by atoms with Crippen molar-refractivity contribution in [2.75, 3.05) is 0 Å². The van der Waals surface area contributed by atoms with Gasteiger partial charge in [0, 0.05) is 17.5 Å². The highest BCUT2D eigenvalue weighted by Crippen LogP contribution is 2.86. The van der Waals surface area contributed by atoms with E-state index in [4.69, 9.17) is 4.74 Å². The lowest BCUT2D eigenvalue weighted by Gasteiger charge is -2.48. The fourth-order valence-corrected chi connectivity index (χ4v) is 24.4. The van der Waals surface area contributed by atoms with Gasteiger partial charge in [-0.05, 0) is 302 Å². The summed E-state index contributed by atoms with van der Waals surface area (Å²) in [7, 11) is 0. The van der Waals surface area contributed by atoms with Gasteiger partial charge >= 0.3 is 0 Å². The summed E-state index contributed by atoms with van der Waals surface area (Å²) in [5.74, 6) is 0. The number of ether oxygens (including phenoxy) is 1. The molecule has 33 rings (SSSR count). The van der Waals surface area contributed by atoms with Gasteiger partial charge in [0.15, 0.2) is 6.29 Å². The second kappa shape index (κ2) is 4.87. The third-order valence-corrected chi connectivity index (χ3v) is 24.2. The van der Waals surface area contributed by atoms with Crippen molar-refractivity contribution in [1.29, 1.82) is 0 Å². The van der Waals surface area contributed by atoms with E-state index in [-0.39, 0.29) is 0 Å². The molecule has 0 amide bonds. The zero-order valence-electron chi connectivity index (χ0n) is 32.1. The third-order valence-electron chi connectivity index (χ3n) is 24.2. The van der Waals surface area contributed by atoms with Gasteiger partial charge in [-0.3, -0.25) is 0 Å². The van der Waals surface area contributed by atoms with Crippen molar-refractivity contribution in [2.45, 2.75) is 23.7 Å². The van der Waals surface area contributed by atoms with Crippen LogP contribution in [0.5, 0.6) is 0 Å². The quantitative estimate of drug-likeness (QED) is 0.155. The zero-order valence-corrected chi connectivity index (χ0v) is 32.1. The second-order valence-electron chi connectivity index (χ2n) is 24.1. The van der Waals surface area contributed by atoms with Crippen LogP contribution >= 0.6 is 0 Å². The minimum Gasteiger partial charge on any atom is -0.368 e. The summed E-state index contributed by atoms with van der Waals surface area (Å²) < 4.78 is 7.90. The van der Waals surface area contributed by atoms with Gasteiger partial charge in [-0.15, -0.1) is 0 Å². The van der Waals surface area contributed by atoms with E-state index < -0.39 is 17.3 Å². The summed E-state index contributed by atoms with van der Waals surface area (Å²) in [6.07, 6.45) is -0.220. The summed E-state index contributed by atoms with van der Waals surface area (Å²) in [5, 5.41) is 99.0. The molecule has 2 spiro atoms. The Balaban J connectivity index is 1.29. The standard InChI is InChI=1S/C62H4O2/c63-2-1-61-57-49-41-31-21-13-5-3-4-7-11-9(5)17-25-19(11)29-23-15(7)16-8(4)12-10-6(3)14(13)22-28-18(10)26-20(12)30-24(16)34-33(23)45-39(29)47-37(25)43(35(41)27(17)21)51(57)53(47)59-55(45)56-46(34)40(30)48-38(26)44-36(28)42(32(22)31)50(49)58(61)52(44)54(48)60(56)62(59,61)64-2/h2,63H,1H2. The fourth-order valence-electron chi connectivity index (χ4n) is 24.4. The third kappa shape index (κ3) is 1.10. The van der Waals surface area contributed by atoms with Crippen LogP contribution in [0.1, 0.15) is 28.7 Å². The maximum Gasteiger partial charge on any atom is 0.157 e. The van der Waals surface area contributed by atoms with Gasteiger partial charge < -0.3 is 9.84 Å².